The summed E-state index contributed by atoms with van der Waals surface area (Å²) in [6.07, 6.45) is 0.937. The van der Waals surface area contributed by atoms with E-state index < -0.39 is 0 Å². The van der Waals surface area contributed by atoms with Gasteiger partial charge in [0.2, 0.25) is 5.91 Å². The van der Waals surface area contributed by atoms with Gasteiger partial charge in [-0.1, -0.05) is 60.7 Å². The number of benzene rings is 2. The van der Waals surface area contributed by atoms with Crippen LogP contribution in [-0.4, -0.2) is 28.4 Å². The van der Waals surface area contributed by atoms with Gasteiger partial charge in [-0.15, -0.1) is 11.8 Å². The first kappa shape index (κ1) is 14.2. The van der Waals surface area contributed by atoms with Crippen LogP contribution in [0.15, 0.2) is 60.7 Å². The van der Waals surface area contributed by atoms with E-state index in [4.69, 9.17) is 0 Å². The maximum atomic E-state index is 12.3. The van der Waals surface area contributed by atoms with Crippen molar-refractivity contribution in [3.05, 3.63) is 71.8 Å². The summed E-state index contributed by atoms with van der Waals surface area (Å²) in [5.41, 5.74) is 2.51. The highest BCUT2D eigenvalue weighted by Gasteiger charge is 2.28. The third-order valence-electron chi connectivity index (χ3n) is 3.81. The lowest BCUT2D eigenvalue weighted by Gasteiger charge is -2.35. The van der Waals surface area contributed by atoms with E-state index in [9.17, 15) is 4.79 Å². The summed E-state index contributed by atoms with van der Waals surface area (Å²) in [6, 6.07) is 21.0. The summed E-state index contributed by atoms with van der Waals surface area (Å²) >= 11 is 1.75. The molecule has 2 aromatic rings. The molecule has 1 fully saturated rings. The topological polar surface area (TPSA) is 20.3 Å². The minimum absolute atomic E-state index is 0.260. The quantitative estimate of drug-likeness (QED) is 0.862. The molecule has 2 nitrogen and oxygen atoms in total. The maximum Gasteiger partial charge on any atom is 0.233 e. The fourth-order valence-electron chi connectivity index (χ4n) is 2.71. The Bertz CT molecular complexity index is 585. The number of nitrogens with zero attached hydrogens (tertiary/aromatic N) is 1. The van der Waals surface area contributed by atoms with Crippen LogP contribution in [0.2, 0.25) is 0 Å². The molecule has 1 aliphatic rings. The van der Waals surface area contributed by atoms with Crippen molar-refractivity contribution >= 4 is 17.7 Å². The van der Waals surface area contributed by atoms with Gasteiger partial charge in [0.25, 0.3) is 0 Å². The molecule has 21 heavy (non-hydrogen) atoms. The Kier molecular flexibility index (Phi) is 4.61. The average Bonchev–Trinajstić information content (AvgIpc) is 2.53. The number of rotatable bonds is 4. The molecule has 0 saturated carbocycles. The van der Waals surface area contributed by atoms with Gasteiger partial charge in [0, 0.05) is 18.3 Å². The molecule has 0 bridgehead atoms. The molecule has 3 rings (SSSR count). The molecule has 108 valence electrons. The molecule has 1 aliphatic heterocycles. The Hall–Kier alpha value is -1.74. The molecule has 1 amide bonds. The van der Waals surface area contributed by atoms with E-state index in [-0.39, 0.29) is 5.91 Å². The standard InChI is InChI=1S/C18H19NOS/c20-18-14-21-13-17(11-15-7-3-1-4-8-15)19(18)12-16-9-5-2-6-10-16/h1-10,17H,11-14H2/t17-/m0/s1. The van der Waals surface area contributed by atoms with Crippen LogP contribution in [-0.2, 0) is 17.8 Å². The van der Waals surface area contributed by atoms with Crippen LogP contribution in [0.1, 0.15) is 11.1 Å². The zero-order valence-corrected chi connectivity index (χ0v) is 12.8. The first-order valence-electron chi connectivity index (χ1n) is 7.28. The summed E-state index contributed by atoms with van der Waals surface area (Å²) in [5.74, 6) is 1.89. The Morgan fingerprint density at radius 2 is 1.57 bits per heavy atom. The third-order valence-corrected chi connectivity index (χ3v) is 4.88. The smallest absolute Gasteiger partial charge is 0.233 e. The minimum Gasteiger partial charge on any atom is -0.334 e. The van der Waals surface area contributed by atoms with Gasteiger partial charge >= 0.3 is 0 Å². The Morgan fingerprint density at radius 1 is 0.952 bits per heavy atom. The van der Waals surface area contributed by atoms with E-state index in [1.807, 2.05) is 24.3 Å². The van der Waals surface area contributed by atoms with E-state index >= 15 is 0 Å². The van der Waals surface area contributed by atoms with Crippen molar-refractivity contribution in [2.75, 3.05) is 11.5 Å². The first-order valence-corrected chi connectivity index (χ1v) is 8.43. The number of carbonyl (C=O) groups is 1. The van der Waals surface area contributed by atoms with Crippen LogP contribution in [0.3, 0.4) is 0 Å². The molecule has 1 heterocycles. The van der Waals surface area contributed by atoms with E-state index in [1.54, 1.807) is 11.8 Å². The number of thioether (sulfide) groups is 1. The minimum atomic E-state index is 0.260. The zero-order valence-electron chi connectivity index (χ0n) is 11.9. The van der Waals surface area contributed by atoms with Crippen LogP contribution < -0.4 is 0 Å². The van der Waals surface area contributed by atoms with Crippen molar-refractivity contribution in [3.8, 4) is 0 Å². The molecule has 0 spiro atoms. The molecule has 1 saturated heterocycles. The maximum absolute atomic E-state index is 12.3. The molecule has 0 radical (unpaired) electrons. The monoisotopic (exact) mass is 297 g/mol. The number of hydrogen-bond acceptors (Lipinski definition) is 2. The number of amides is 1. The molecule has 2 aromatic carbocycles. The largest absolute Gasteiger partial charge is 0.334 e. The second-order valence-corrected chi connectivity index (χ2v) is 6.40. The van der Waals surface area contributed by atoms with Crippen LogP contribution in [0.25, 0.3) is 0 Å². The summed E-state index contributed by atoms with van der Waals surface area (Å²) in [6.45, 7) is 0.720. The Balaban J connectivity index is 1.75. The number of carbonyl (C=O) groups excluding carboxylic acids is 1. The molecule has 0 unspecified atom stereocenters. The summed E-state index contributed by atoms with van der Waals surface area (Å²) in [7, 11) is 0. The van der Waals surface area contributed by atoms with Crippen LogP contribution >= 0.6 is 11.8 Å². The van der Waals surface area contributed by atoms with Gasteiger partial charge in [-0.2, -0.15) is 0 Å². The average molecular weight is 297 g/mol. The highest BCUT2D eigenvalue weighted by atomic mass is 32.2. The molecular weight excluding hydrogens is 278 g/mol. The molecule has 0 aliphatic carbocycles. The van der Waals surface area contributed by atoms with Crippen molar-refractivity contribution in [1.82, 2.24) is 4.90 Å². The predicted octanol–water partition coefficient (Wildman–Crippen LogP) is 3.37. The lowest BCUT2D eigenvalue weighted by atomic mass is 10.0. The van der Waals surface area contributed by atoms with Gasteiger partial charge in [-0.05, 0) is 17.5 Å². The van der Waals surface area contributed by atoms with Crippen molar-refractivity contribution in [1.29, 1.82) is 0 Å². The van der Waals surface area contributed by atoms with E-state index in [2.05, 4.69) is 41.3 Å². The summed E-state index contributed by atoms with van der Waals surface area (Å²) < 4.78 is 0. The molecule has 3 heteroatoms. The lowest BCUT2D eigenvalue weighted by molar-refractivity contribution is -0.131. The van der Waals surface area contributed by atoms with Crippen LogP contribution in [0.5, 0.6) is 0 Å². The van der Waals surface area contributed by atoms with Gasteiger partial charge in [0.15, 0.2) is 0 Å². The van der Waals surface area contributed by atoms with Gasteiger partial charge in [0.1, 0.15) is 0 Å². The second-order valence-electron chi connectivity index (χ2n) is 5.37. The van der Waals surface area contributed by atoms with Crippen molar-refractivity contribution in [2.45, 2.75) is 19.0 Å². The fourth-order valence-corrected chi connectivity index (χ4v) is 3.74. The Morgan fingerprint density at radius 3 is 2.24 bits per heavy atom. The van der Waals surface area contributed by atoms with Gasteiger partial charge in [-0.25, -0.2) is 0 Å². The summed E-state index contributed by atoms with van der Waals surface area (Å²) in [4.78, 5) is 14.4. The number of hydrogen-bond donors (Lipinski definition) is 0. The highest BCUT2D eigenvalue weighted by molar-refractivity contribution is 8.00. The van der Waals surface area contributed by atoms with E-state index in [1.165, 1.54) is 11.1 Å². The van der Waals surface area contributed by atoms with E-state index in [0.29, 0.717) is 11.8 Å². The lowest BCUT2D eigenvalue weighted by Crippen LogP contribution is -2.46. The van der Waals surface area contributed by atoms with Gasteiger partial charge < -0.3 is 4.90 Å². The first-order chi connectivity index (χ1) is 10.3. The molecule has 1 atom stereocenters. The highest BCUT2D eigenvalue weighted by Crippen LogP contribution is 2.23. The molecule has 0 aromatic heterocycles. The fraction of sp³-hybridized carbons (Fsp3) is 0.278. The van der Waals surface area contributed by atoms with Crippen LogP contribution in [0, 0.1) is 0 Å². The van der Waals surface area contributed by atoms with Gasteiger partial charge in [0.05, 0.1) is 5.75 Å². The molecular formula is C18H19NOS. The third kappa shape index (κ3) is 3.67. The van der Waals surface area contributed by atoms with Gasteiger partial charge in [-0.3, -0.25) is 4.79 Å². The molecule has 0 N–H and O–H groups in total. The zero-order chi connectivity index (χ0) is 14.5. The predicted molar refractivity (Wildman–Crippen MR) is 88.3 cm³/mol. The van der Waals surface area contributed by atoms with Crippen LogP contribution in [0.4, 0.5) is 0 Å². The Labute approximate surface area is 130 Å². The normalized spacial score (nSPS) is 18.8. The van der Waals surface area contributed by atoms with Crippen molar-refractivity contribution in [3.63, 3.8) is 0 Å². The SMILES string of the molecule is O=C1CSC[C@H](Cc2ccccc2)N1Cc1ccccc1. The van der Waals surface area contributed by atoms with Crippen molar-refractivity contribution < 1.29 is 4.79 Å². The summed E-state index contributed by atoms with van der Waals surface area (Å²) in [5, 5.41) is 0. The van der Waals surface area contributed by atoms with E-state index in [0.717, 1.165) is 18.7 Å². The second kappa shape index (κ2) is 6.81. The van der Waals surface area contributed by atoms with Crippen molar-refractivity contribution in [2.24, 2.45) is 0 Å².